The molecule has 102 valence electrons. The van der Waals surface area contributed by atoms with Crippen molar-refractivity contribution in [2.45, 2.75) is 26.4 Å². The van der Waals surface area contributed by atoms with Gasteiger partial charge in [-0.2, -0.15) is 4.98 Å². The Morgan fingerprint density at radius 2 is 2.21 bits per heavy atom. The molecule has 0 aliphatic carbocycles. The molecule has 0 spiro atoms. The normalized spacial score (nSPS) is 11.0. The van der Waals surface area contributed by atoms with Crippen molar-refractivity contribution in [1.82, 2.24) is 25.1 Å². The van der Waals surface area contributed by atoms with Crippen LogP contribution in [0.1, 0.15) is 19.4 Å². The number of rotatable bonds is 5. The van der Waals surface area contributed by atoms with Crippen LogP contribution < -0.4 is 10.1 Å². The van der Waals surface area contributed by atoms with Crippen molar-refractivity contribution in [2.75, 3.05) is 0 Å². The molecular formula is C12H16ClN5O. The molecule has 6 nitrogen and oxygen atoms in total. The van der Waals surface area contributed by atoms with Crippen LogP contribution in [0.4, 0.5) is 0 Å². The first kappa shape index (κ1) is 13.8. The zero-order valence-corrected chi connectivity index (χ0v) is 11.8. The average Bonchev–Trinajstić information content (AvgIpc) is 2.75. The van der Waals surface area contributed by atoms with E-state index in [9.17, 15) is 0 Å². The maximum absolute atomic E-state index is 6.12. The topological polar surface area (TPSA) is 64.9 Å². The van der Waals surface area contributed by atoms with Crippen LogP contribution in [0.5, 0.6) is 11.9 Å². The van der Waals surface area contributed by atoms with Gasteiger partial charge in [0.15, 0.2) is 0 Å². The number of nitrogens with one attached hydrogen (secondary N) is 1. The molecule has 2 heterocycles. The van der Waals surface area contributed by atoms with Crippen molar-refractivity contribution < 1.29 is 4.74 Å². The first-order valence-electron chi connectivity index (χ1n) is 5.96. The van der Waals surface area contributed by atoms with E-state index in [4.69, 9.17) is 16.3 Å². The van der Waals surface area contributed by atoms with Crippen molar-refractivity contribution in [3.63, 3.8) is 0 Å². The van der Waals surface area contributed by atoms with Gasteiger partial charge in [-0.1, -0.05) is 25.4 Å². The SMILES string of the molecule is CC(C)NCc1cnc(Oc2ncn(C)n2)c(Cl)c1. The summed E-state index contributed by atoms with van der Waals surface area (Å²) < 4.78 is 6.95. The molecule has 0 atom stereocenters. The highest BCUT2D eigenvalue weighted by molar-refractivity contribution is 6.31. The Morgan fingerprint density at radius 3 is 2.79 bits per heavy atom. The fourth-order valence-corrected chi connectivity index (χ4v) is 1.64. The molecule has 0 bridgehead atoms. The van der Waals surface area contributed by atoms with Gasteiger partial charge in [-0.3, -0.25) is 4.68 Å². The molecule has 0 saturated carbocycles. The molecule has 0 aliphatic heterocycles. The summed E-state index contributed by atoms with van der Waals surface area (Å²) in [5.74, 6) is 0.307. The fourth-order valence-electron chi connectivity index (χ4n) is 1.41. The van der Waals surface area contributed by atoms with E-state index < -0.39 is 0 Å². The number of ether oxygens (including phenoxy) is 1. The van der Waals surface area contributed by atoms with Crippen LogP contribution >= 0.6 is 11.6 Å². The molecule has 19 heavy (non-hydrogen) atoms. The lowest BCUT2D eigenvalue weighted by Gasteiger charge is -2.09. The first-order valence-corrected chi connectivity index (χ1v) is 6.33. The van der Waals surface area contributed by atoms with Gasteiger partial charge in [0.25, 0.3) is 0 Å². The van der Waals surface area contributed by atoms with Gasteiger partial charge >= 0.3 is 6.01 Å². The molecule has 2 aromatic rings. The van der Waals surface area contributed by atoms with Crippen molar-refractivity contribution in [1.29, 1.82) is 0 Å². The maximum atomic E-state index is 6.12. The highest BCUT2D eigenvalue weighted by atomic mass is 35.5. The van der Waals surface area contributed by atoms with E-state index >= 15 is 0 Å². The second-order valence-electron chi connectivity index (χ2n) is 4.47. The molecule has 2 aromatic heterocycles. The summed E-state index contributed by atoms with van der Waals surface area (Å²) in [6.07, 6.45) is 3.27. The summed E-state index contributed by atoms with van der Waals surface area (Å²) in [5, 5.41) is 7.74. The van der Waals surface area contributed by atoms with E-state index in [0.717, 1.165) is 5.56 Å². The highest BCUT2D eigenvalue weighted by Gasteiger charge is 2.09. The van der Waals surface area contributed by atoms with Crippen LogP contribution in [0.25, 0.3) is 0 Å². The molecule has 0 unspecified atom stereocenters. The number of aromatic nitrogens is 4. The van der Waals surface area contributed by atoms with Crippen LogP contribution in [0.2, 0.25) is 5.02 Å². The number of hydrogen-bond donors (Lipinski definition) is 1. The highest BCUT2D eigenvalue weighted by Crippen LogP contribution is 2.25. The predicted octanol–water partition coefficient (Wildman–Crippen LogP) is 2.15. The summed E-state index contributed by atoms with van der Waals surface area (Å²) in [6.45, 7) is 4.88. The third-order valence-electron chi connectivity index (χ3n) is 2.35. The van der Waals surface area contributed by atoms with Crippen LogP contribution in [0.3, 0.4) is 0 Å². The maximum Gasteiger partial charge on any atom is 0.342 e. The minimum atomic E-state index is 0.227. The second-order valence-corrected chi connectivity index (χ2v) is 4.88. The molecule has 0 aromatic carbocycles. The monoisotopic (exact) mass is 281 g/mol. The number of pyridine rings is 1. The smallest absolute Gasteiger partial charge is 0.342 e. The van der Waals surface area contributed by atoms with Gasteiger partial charge in [-0.05, 0) is 11.6 Å². The average molecular weight is 282 g/mol. The van der Waals surface area contributed by atoms with Gasteiger partial charge in [0.2, 0.25) is 5.88 Å². The molecule has 0 amide bonds. The Morgan fingerprint density at radius 1 is 1.42 bits per heavy atom. The van der Waals surface area contributed by atoms with E-state index in [-0.39, 0.29) is 6.01 Å². The molecule has 0 saturated heterocycles. The third kappa shape index (κ3) is 3.90. The van der Waals surface area contributed by atoms with Gasteiger partial charge in [-0.15, -0.1) is 5.10 Å². The zero-order chi connectivity index (χ0) is 13.8. The molecule has 7 heteroatoms. The van der Waals surface area contributed by atoms with Crippen LogP contribution in [0, 0.1) is 0 Å². The lowest BCUT2D eigenvalue weighted by molar-refractivity contribution is 0.422. The van der Waals surface area contributed by atoms with Crippen molar-refractivity contribution in [3.05, 3.63) is 29.2 Å². The van der Waals surface area contributed by atoms with Crippen LogP contribution in [-0.2, 0) is 13.6 Å². The van der Waals surface area contributed by atoms with E-state index in [1.54, 1.807) is 24.3 Å². The van der Waals surface area contributed by atoms with Crippen molar-refractivity contribution in [2.24, 2.45) is 7.05 Å². The third-order valence-corrected chi connectivity index (χ3v) is 2.62. The molecule has 0 fully saturated rings. The summed E-state index contributed by atoms with van der Waals surface area (Å²) in [6, 6.07) is 2.46. The molecule has 0 aliphatic rings. The largest absolute Gasteiger partial charge is 0.403 e. The van der Waals surface area contributed by atoms with Gasteiger partial charge in [0.1, 0.15) is 11.3 Å². The van der Waals surface area contributed by atoms with Gasteiger partial charge in [-0.25, -0.2) is 4.98 Å². The van der Waals surface area contributed by atoms with Crippen LogP contribution in [-0.4, -0.2) is 25.8 Å². The minimum Gasteiger partial charge on any atom is -0.403 e. The Hall–Kier alpha value is -1.66. The van der Waals surface area contributed by atoms with Gasteiger partial charge in [0.05, 0.1) is 0 Å². The quantitative estimate of drug-likeness (QED) is 0.910. The van der Waals surface area contributed by atoms with E-state index in [2.05, 4.69) is 34.2 Å². The summed E-state index contributed by atoms with van der Waals surface area (Å²) in [4.78, 5) is 8.13. The van der Waals surface area contributed by atoms with E-state index in [1.165, 1.54) is 0 Å². The Kier molecular flexibility index (Phi) is 4.34. The van der Waals surface area contributed by atoms with E-state index in [0.29, 0.717) is 23.5 Å². The first-order chi connectivity index (χ1) is 9.04. The molecule has 2 rings (SSSR count). The molecule has 0 radical (unpaired) electrons. The van der Waals surface area contributed by atoms with E-state index in [1.807, 2.05) is 6.07 Å². The lowest BCUT2D eigenvalue weighted by Crippen LogP contribution is -2.21. The summed E-state index contributed by atoms with van der Waals surface area (Å²) >= 11 is 6.12. The van der Waals surface area contributed by atoms with Gasteiger partial charge in [0, 0.05) is 25.8 Å². The predicted molar refractivity (Wildman–Crippen MR) is 72.3 cm³/mol. The van der Waals surface area contributed by atoms with Crippen molar-refractivity contribution in [3.8, 4) is 11.9 Å². The van der Waals surface area contributed by atoms with Crippen LogP contribution in [0.15, 0.2) is 18.6 Å². The Balaban J connectivity index is 2.06. The summed E-state index contributed by atoms with van der Waals surface area (Å²) in [5.41, 5.74) is 1.00. The Bertz CT molecular complexity index is 555. The minimum absolute atomic E-state index is 0.227. The number of nitrogens with zero attached hydrogens (tertiary/aromatic N) is 4. The second kappa shape index (κ2) is 5.99. The van der Waals surface area contributed by atoms with Crippen molar-refractivity contribution >= 4 is 11.6 Å². The molecular weight excluding hydrogens is 266 g/mol. The Labute approximate surface area is 116 Å². The number of hydrogen-bond acceptors (Lipinski definition) is 5. The number of aryl methyl sites for hydroxylation is 1. The number of halogens is 1. The molecule has 1 N–H and O–H groups in total. The fraction of sp³-hybridized carbons (Fsp3) is 0.417. The summed E-state index contributed by atoms with van der Waals surface area (Å²) in [7, 11) is 1.76. The standard InChI is InChI=1S/C12H16ClN5O/c1-8(2)14-5-9-4-10(13)11(15-6-9)19-12-16-7-18(3)17-12/h4,6-8,14H,5H2,1-3H3. The van der Waals surface area contributed by atoms with Gasteiger partial charge < -0.3 is 10.1 Å². The lowest BCUT2D eigenvalue weighted by atomic mass is 10.2. The zero-order valence-electron chi connectivity index (χ0n) is 11.1.